The molecule has 12 heteroatoms. The van der Waals surface area contributed by atoms with Gasteiger partial charge in [-0.3, -0.25) is 9.69 Å². The average Bonchev–Trinajstić information content (AvgIpc) is 3.41. The fourth-order valence-electron chi connectivity index (χ4n) is 3.39. The highest BCUT2D eigenvalue weighted by atomic mass is 32.1. The Kier molecular flexibility index (Phi) is 6.51. The number of carbonyl (C=O) groups is 2. The molecule has 1 saturated heterocycles. The van der Waals surface area contributed by atoms with Gasteiger partial charge in [0.2, 0.25) is 0 Å². The zero-order chi connectivity index (χ0) is 24.5. The van der Waals surface area contributed by atoms with Crippen molar-refractivity contribution in [3.63, 3.8) is 0 Å². The molecule has 0 atom stereocenters. The Morgan fingerprint density at radius 1 is 1.06 bits per heavy atom. The van der Waals surface area contributed by atoms with Crippen LogP contribution in [0.5, 0.6) is 0 Å². The number of alkyl halides is 3. The lowest BCUT2D eigenvalue weighted by Gasteiger charge is -2.17. The lowest BCUT2D eigenvalue weighted by molar-refractivity contribution is -0.137. The van der Waals surface area contributed by atoms with Crippen LogP contribution < -0.4 is 10.2 Å². The molecule has 2 aromatic carbocycles. The van der Waals surface area contributed by atoms with E-state index in [2.05, 4.69) is 10.3 Å². The first-order chi connectivity index (χ1) is 16.1. The summed E-state index contributed by atoms with van der Waals surface area (Å²) in [7, 11) is 0. The molecule has 34 heavy (non-hydrogen) atoms. The maximum atomic E-state index is 13.3. The summed E-state index contributed by atoms with van der Waals surface area (Å²) in [4.78, 5) is 32.1. The monoisotopic (exact) mass is 496 g/mol. The van der Waals surface area contributed by atoms with E-state index in [9.17, 15) is 31.5 Å². The van der Waals surface area contributed by atoms with E-state index >= 15 is 0 Å². The van der Waals surface area contributed by atoms with Gasteiger partial charge >= 0.3 is 12.2 Å². The van der Waals surface area contributed by atoms with Crippen LogP contribution in [0.3, 0.4) is 0 Å². The molecule has 3 amide bonds. The zero-order valence-electron chi connectivity index (χ0n) is 17.4. The molecule has 0 spiro atoms. The molecule has 6 nitrogen and oxygen atoms in total. The zero-order valence-corrected chi connectivity index (χ0v) is 18.2. The van der Waals surface area contributed by atoms with Gasteiger partial charge in [-0.1, -0.05) is 18.2 Å². The predicted molar refractivity (Wildman–Crippen MR) is 114 cm³/mol. The first-order valence-corrected chi connectivity index (χ1v) is 10.9. The number of carbonyl (C=O) groups excluding carboxylic acids is 2. The number of hydrogen-bond donors (Lipinski definition) is 1. The van der Waals surface area contributed by atoms with Gasteiger partial charge in [0, 0.05) is 31.6 Å². The Morgan fingerprint density at radius 3 is 2.59 bits per heavy atom. The third kappa shape index (κ3) is 5.16. The minimum absolute atomic E-state index is 0.00615. The van der Waals surface area contributed by atoms with Crippen molar-refractivity contribution in [3.8, 4) is 0 Å². The largest absolute Gasteiger partial charge is 0.416 e. The van der Waals surface area contributed by atoms with Crippen LogP contribution in [0.2, 0.25) is 0 Å². The van der Waals surface area contributed by atoms with Gasteiger partial charge in [-0.05, 0) is 35.4 Å². The highest BCUT2D eigenvalue weighted by Gasteiger charge is 2.33. The molecule has 178 valence electrons. The summed E-state index contributed by atoms with van der Waals surface area (Å²) < 4.78 is 65.1. The van der Waals surface area contributed by atoms with Crippen molar-refractivity contribution < 1.29 is 31.5 Å². The number of thiazole rings is 1. The summed E-state index contributed by atoms with van der Waals surface area (Å²) in [5, 5.41) is 4.28. The van der Waals surface area contributed by atoms with Gasteiger partial charge in [0.1, 0.15) is 5.69 Å². The van der Waals surface area contributed by atoms with Crippen molar-refractivity contribution in [2.75, 3.05) is 18.0 Å². The van der Waals surface area contributed by atoms with E-state index in [1.54, 1.807) is 0 Å². The molecule has 0 bridgehead atoms. The fourth-order valence-corrected chi connectivity index (χ4v) is 4.21. The maximum absolute atomic E-state index is 13.3. The normalized spacial score (nSPS) is 14.1. The van der Waals surface area contributed by atoms with Gasteiger partial charge in [0.15, 0.2) is 16.8 Å². The second kappa shape index (κ2) is 9.37. The van der Waals surface area contributed by atoms with E-state index in [1.165, 1.54) is 33.4 Å². The van der Waals surface area contributed by atoms with Crippen LogP contribution in [0.15, 0.2) is 47.8 Å². The topological polar surface area (TPSA) is 65.5 Å². The highest BCUT2D eigenvalue weighted by Crippen LogP contribution is 2.30. The molecular weight excluding hydrogens is 479 g/mol. The van der Waals surface area contributed by atoms with Crippen molar-refractivity contribution in [2.24, 2.45) is 0 Å². The second-order valence-electron chi connectivity index (χ2n) is 7.50. The minimum Gasteiger partial charge on any atom is -0.347 e. The van der Waals surface area contributed by atoms with Crippen LogP contribution in [-0.4, -0.2) is 34.9 Å². The Labute approximate surface area is 194 Å². The molecule has 3 aromatic rings. The van der Waals surface area contributed by atoms with Crippen LogP contribution in [0.1, 0.15) is 27.2 Å². The number of halogens is 5. The van der Waals surface area contributed by atoms with E-state index in [0.717, 1.165) is 35.6 Å². The van der Waals surface area contributed by atoms with Gasteiger partial charge < -0.3 is 10.2 Å². The SMILES string of the molecule is O=C(NCc1ccc(F)c(F)c1)c1csc(N2CCN(Cc3cccc(C(F)(F)F)c3)C2=O)n1. The first kappa shape index (κ1) is 23.6. The number of urea groups is 1. The lowest BCUT2D eigenvalue weighted by Crippen LogP contribution is -2.31. The quantitative estimate of drug-likeness (QED) is 0.498. The fraction of sp³-hybridized carbons (Fsp3) is 0.227. The molecule has 1 aliphatic rings. The predicted octanol–water partition coefficient (Wildman–Crippen LogP) is 4.81. The number of amides is 3. The maximum Gasteiger partial charge on any atom is 0.416 e. The minimum atomic E-state index is -4.47. The molecule has 1 aromatic heterocycles. The van der Waals surface area contributed by atoms with Crippen LogP contribution >= 0.6 is 11.3 Å². The standard InChI is InChI=1S/C22H17F5N4O2S/c23-16-5-4-13(9-17(16)24)10-28-19(32)18-12-34-20(29-18)31-7-6-30(21(31)33)11-14-2-1-3-15(8-14)22(25,26)27/h1-5,8-9,12H,6-7,10-11H2,(H,28,32). The third-order valence-electron chi connectivity index (χ3n) is 5.12. The molecule has 1 aliphatic heterocycles. The molecule has 1 N–H and O–H groups in total. The summed E-state index contributed by atoms with van der Waals surface area (Å²) in [5.74, 6) is -2.57. The molecule has 0 aliphatic carbocycles. The third-order valence-corrected chi connectivity index (χ3v) is 5.98. The van der Waals surface area contributed by atoms with Crippen molar-refractivity contribution in [1.29, 1.82) is 0 Å². The molecule has 4 rings (SSSR count). The van der Waals surface area contributed by atoms with E-state index in [0.29, 0.717) is 11.1 Å². The molecule has 0 radical (unpaired) electrons. The first-order valence-electron chi connectivity index (χ1n) is 10.0. The number of benzene rings is 2. The van der Waals surface area contributed by atoms with Gasteiger partial charge in [-0.25, -0.2) is 18.6 Å². The van der Waals surface area contributed by atoms with Gasteiger partial charge in [-0.2, -0.15) is 13.2 Å². The van der Waals surface area contributed by atoms with Crippen LogP contribution in [0.25, 0.3) is 0 Å². The van der Waals surface area contributed by atoms with Gasteiger partial charge in [0.25, 0.3) is 5.91 Å². The number of rotatable bonds is 6. The summed E-state index contributed by atoms with van der Waals surface area (Å²) in [6.45, 7) is 0.510. The Morgan fingerprint density at radius 2 is 1.85 bits per heavy atom. The van der Waals surface area contributed by atoms with E-state index in [1.807, 2.05) is 0 Å². The Hall–Kier alpha value is -3.54. The number of aromatic nitrogens is 1. The molecule has 0 saturated carbocycles. The Balaban J connectivity index is 1.37. The summed E-state index contributed by atoms with van der Waals surface area (Å²) in [6.07, 6.45) is -4.47. The Bertz CT molecular complexity index is 1230. The van der Waals surface area contributed by atoms with Gasteiger partial charge in [-0.15, -0.1) is 11.3 Å². The molecule has 0 unspecified atom stereocenters. The van der Waals surface area contributed by atoms with Crippen LogP contribution in [0, 0.1) is 11.6 Å². The molecule has 1 fully saturated rings. The second-order valence-corrected chi connectivity index (χ2v) is 8.34. The van der Waals surface area contributed by atoms with E-state index < -0.39 is 35.3 Å². The van der Waals surface area contributed by atoms with Gasteiger partial charge in [0.05, 0.1) is 5.56 Å². The molecular formula is C22H17F5N4O2S. The number of anilines is 1. The molecule has 2 heterocycles. The summed E-state index contributed by atoms with van der Waals surface area (Å²) >= 11 is 1.07. The van der Waals surface area contributed by atoms with E-state index in [4.69, 9.17) is 0 Å². The number of hydrogen-bond acceptors (Lipinski definition) is 4. The number of nitrogens with one attached hydrogen (secondary N) is 1. The average molecular weight is 496 g/mol. The summed E-state index contributed by atoms with van der Waals surface area (Å²) in [5.41, 5.74) is -0.0247. The van der Waals surface area contributed by atoms with Crippen LogP contribution in [-0.2, 0) is 19.3 Å². The van der Waals surface area contributed by atoms with E-state index in [-0.39, 0.29) is 37.0 Å². The smallest absolute Gasteiger partial charge is 0.347 e. The van der Waals surface area contributed by atoms with Crippen LogP contribution in [0.4, 0.5) is 31.9 Å². The number of nitrogens with zero attached hydrogens (tertiary/aromatic N) is 3. The van der Waals surface area contributed by atoms with Crippen molar-refractivity contribution in [3.05, 3.63) is 81.9 Å². The lowest BCUT2D eigenvalue weighted by atomic mass is 10.1. The van der Waals surface area contributed by atoms with Crippen molar-refractivity contribution >= 4 is 28.4 Å². The van der Waals surface area contributed by atoms with Crippen molar-refractivity contribution in [2.45, 2.75) is 19.3 Å². The highest BCUT2D eigenvalue weighted by molar-refractivity contribution is 7.14. The summed E-state index contributed by atoms with van der Waals surface area (Å²) in [6, 6.07) is 7.64. The van der Waals surface area contributed by atoms with Crippen molar-refractivity contribution in [1.82, 2.24) is 15.2 Å².